The molecule has 0 unspecified atom stereocenters. The fourth-order valence-corrected chi connectivity index (χ4v) is 1.78. The van der Waals surface area contributed by atoms with Gasteiger partial charge >= 0.3 is 5.63 Å². The fourth-order valence-electron chi connectivity index (χ4n) is 1.78. The van der Waals surface area contributed by atoms with E-state index in [0.29, 0.717) is 5.58 Å². The van der Waals surface area contributed by atoms with Crippen LogP contribution in [0.25, 0.3) is 11.0 Å². The summed E-state index contributed by atoms with van der Waals surface area (Å²) in [4.78, 5) is 13.3. The van der Waals surface area contributed by atoms with Crippen molar-refractivity contribution in [2.45, 2.75) is 13.8 Å². The summed E-state index contributed by atoms with van der Waals surface area (Å²) in [6, 6.07) is 10.1. The third kappa shape index (κ3) is 1.94. The fraction of sp³-hybridized carbons (Fsp3) is 0.308. The van der Waals surface area contributed by atoms with Crippen molar-refractivity contribution in [1.82, 2.24) is 0 Å². The van der Waals surface area contributed by atoms with Gasteiger partial charge in [-0.3, -0.25) is 0 Å². The molecule has 0 N–H and O–H groups in total. The van der Waals surface area contributed by atoms with Crippen LogP contribution in [-0.4, -0.2) is 13.1 Å². The molecule has 3 heteroatoms. The minimum atomic E-state index is -0.427. The van der Waals surface area contributed by atoms with Crippen molar-refractivity contribution in [3.8, 4) is 0 Å². The monoisotopic (exact) mass is 216 g/mol. The molecule has 1 aromatic heterocycles. The van der Waals surface area contributed by atoms with Gasteiger partial charge in [0.05, 0.1) is 6.07 Å². The second-order valence-electron chi connectivity index (χ2n) is 3.57. The summed E-state index contributed by atoms with van der Waals surface area (Å²) in [6.07, 6.45) is 0. The van der Waals surface area contributed by atoms with Gasteiger partial charge in [-0.25, -0.2) is 4.79 Å². The van der Waals surface area contributed by atoms with Gasteiger partial charge in [-0.1, -0.05) is 0 Å². The van der Waals surface area contributed by atoms with E-state index in [1.165, 1.54) is 0 Å². The highest BCUT2D eigenvalue weighted by atomic mass is 16.4. The maximum Gasteiger partial charge on any atom is 0.344 e. The SMILES string of the molecule is CCN(CC)c1ccc2c[c]c(=O)oc2c1. The van der Waals surface area contributed by atoms with Crippen LogP contribution >= 0.6 is 0 Å². The van der Waals surface area contributed by atoms with Crippen molar-refractivity contribution in [2.24, 2.45) is 0 Å². The van der Waals surface area contributed by atoms with Crippen LogP contribution in [0.4, 0.5) is 5.69 Å². The molecular weight excluding hydrogens is 202 g/mol. The lowest BCUT2D eigenvalue weighted by molar-refractivity contribution is 0.559. The van der Waals surface area contributed by atoms with Crippen LogP contribution in [-0.2, 0) is 0 Å². The number of anilines is 1. The first-order valence-electron chi connectivity index (χ1n) is 5.45. The van der Waals surface area contributed by atoms with E-state index in [9.17, 15) is 4.79 Å². The lowest BCUT2D eigenvalue weighted by Crippen LogP contribution is -2.21. The number of benzene rings is 1. The zero-order valence-corrected chi connectivity index (χ0v) is 9.49. The van der Waals surface area contributed by atoms with Crippen LogP contribution in [0, 0.1) is 6.07 Å². The van der Waals surface area contributed by atoms with Crippen molar-refractivity contribution < 1.29 is 4.42 Å². The molecule has 0 fully saturated rings. The summed E-state index contributed by atoms with van der Waals surface area (Å²) in [5.41, 5.74) is 1.27. The number of rotatable bonds is 3. The maximum absolute atomic E-state index is 11.1. The predicted octanol–water partition coefficient (Wildman–Crippen LogP) is 2.44. The smallest absolute Gasteiger partial charge is 0.344 e. The highest BCUT2D eigenvalue weighted by Gasteiger charge is 2.04. The van der Waals surface area contributed by atoms with Crippen LogP contribution in [0.15, 0.2) is 33.5 Å². The van der Waals surface area contributed by atoms with Gasteiger partial charge in [-0.15, -0.1) is 0 Å². The average Bonchev–Trinajstić information content (AvgIpc) is 2.30. The Balaban J connectivity index is 2.54. The Kier molecular flexibility index (Phi) is 2.95. The second-order valence-corrected chi connectivity index (χ2v) is 3.57. The van der Waals surface area contributed by atoms with Gasteiger partial charge in [0.1, 0.15) is 5.58 Å². The molecule has 1 aromatic carbocycles. The minimum absolute atomic E-state index is 0.427. The molecule has 0 saturated heterocycles. The molecule has 0 aliphatic carbocycles. The maximum atomic E-state index is 11.1. The van der Waals surface area contributed by atoms with Crippen LogP contribution in [0.3, 0.4) is 0 Å². The molecule has 1 radical (unpaired) electrons. The Morgan fingerprint density at radius 1 is 1.31 bits per heavy atom. The van der Waals surface area contributed by atoms with E-state index in [1.54, 1.807) is 6.07 Å². The highest BCUT2D eigenvalue weighted by molar-refractivity contribution is 5.80. The third-order valence-electron chi connectivity index (χ3n) is 2.67. The van der Waals surface area contributed by atoms with Crippen LogP contribution in [0.2, 0.25) is 0 Å². The first-order chi connectivity index (χ1) is 7.74. The zero-order chi connectivity index (χ0) is 11.5. The molecule has 0 saturated carbocycles. The van der Waals surface area contributed by atoms with Gasteiger partial charge in [0.2, 0.25) is 0 Å². The van der Waals surface area contributed by atoms with Crippen LogP contribution in [0.5, 0.6) is 0 Å². The summed E-state index contributed by atoms with van der Waals surface area (Å²) < 4.78 is 5.10. The Morgan fingerprint density at radius 2 is 2.06 bits per heavy atom. The predicted molar refractivity (Wildman–Crippen MR) is 64.9 cm³/mol. The average molecular weight is 216 g/mol. The first kappa shape index (κ1) is 10.7. The van der Waals surface area contributed by atoms with Gasteiger partial charge in [-0.2, -0.15) is 0 Å². The lowest BCUT2D eigenvalue weighted by atomic mass is 10.2. The summed E-state index contributed by atoms with van der Waals surface area (Å²) in [6.45, 7) is 6.07. The van der Waals surface area contributed by atoms with Crippen LogP contribution in [0.1, 0.15) is 13.8 Å². The van der Waals surface area contributed by atoms with E-state index >= 15 is 0 Å². The summed E-state index contributed by atoms with van der Waals surface area (Å²) >= 11 is 0. The first-order valence-corrected chi connectivity index (χ1v) is 5.45. The molecule has 1 heterocycles. The second kappa shape index (κ2) is 4.39. The molecule has 0 atom stereocenters. The van der Waals surface area contributed by atoms with Crippen LogP contribution < -0.4 is 10.5 Å². The Labute approximate surface area is 94.3 Å². The number of hydrogen-bond acceptors (Lipinski definition) is 3. The molecular formula is C13H14NO2. The van der Waals surface area contributed by atoms with E-state index in [1.807, 2.05) is 18.2 Å². The summed E-state index contributed by atoms with van der Waals surface area (Å²) in [7, 11) is 0. The van der Waals surface area contributed by atoms with Gasteiger partial charge in [0, 0.05) is 30.2 Å². The van der Waals surface area contributed by atoms with Crippen molar-refractivity contribution >= 4 is 16.7 Å². The van der Waals surface area contributed by atoms with E-state index in [4.69, 9.17) is 4.42 Å². The normalized spacial score (nSPS) is 10.6. The molecule has 0 bridgehead atoms. The zero-order valence-electron chi connectivity index (χ0n) is 9.49. The largest absolute Gasteiger partial charge is 0.422 e. The Morgan fingerprint density at radius 3 is 2.75 bits per heavy atom. The Bertz CT molecular complexity index is 541. The van der Waals surface area contributed by atoms with Gasteiger partial charge in [-0.05, 0) is 32.0 Å². The van der Waals surface area contributed by atoms with Gasteiger partial charge < -0.3 is 9.32 Å². The number of nitrogens with zero attached hydrogens (tertiary/aromatic N) is 1. The number of fused-ring (bicyclic) bond motifs is 1. The number of hydrogen-bond donors (Lipinski definition) is 0. The van der Waals surface area contributed by atoms with E-state index in [0.717, 1.165) is 24.2 Å². The Hall–Kier alpha value is -1.77. The van der Waals surface area contributed by atoms with E-state index in [2.05, 4.69) is 24.8 Å². The van der Waals surface area contributed by atoms with Gasteiger partial charge in [0.25, 0.3) is 0 Å². The van der Waals surface area contributed by atoms with Gasteiger partial charge in [0.15, 0.2) is 0 Å². The molecule has 0 aliphatic heterocycles. The van der Waals surface area contributed by atoms with Crippen molar-refractivity contribution in [2.75, 3.05) is 18.0 Å². The molecule has 0 spiro atoms. The minimum Gasteiger partial charge on any atom is -0.422 e. The standard InChI is InChI=1S/C13H14NO2/c1-3-14(4-2)11-7-5-10-6-8-13(15)16-12(10)9-11/h5-7,9H,3-4H2,1-2H3. The topological polar surface area (TPSA) is 33.5 Å². The molecule has 0 amide bonds. The summed E-state index contributed by atoms with van der Waals surface area (Å²) in [5.74, 6) is 0. The molecule has 16 heavy (non-hydrogen) atoms. The molecule has 3 nitrogen and oxygen atoms in total. The van der Waals surface area contributed by atoms with Crippen molar-refractivity contribution in [1.29, 1.82) is 0 Å². The molecule has 0 aliphatic rings. The van der Waals surface area contributed by atoms with E-state index < -0.39 is 5.63 Å². The lowest BCUT2D eigenvalue weighted by Gasteiger charge is -2.20. The highest BCUT2D eigenvalue weighted by Crippen LogP contribution is 2.20. The van der Waals surface area contributed by atoms with Crippen molar-refractivity contribution in [3.63, 3.8) is 0 Å². The van der Waals surface area contributed by atoms with Crippen molar-refractivity contribution in [3.05, 3.63) is 40.8 Å². The quantitative estimate of drug-likeness (QED) is 0.739. The van der Waals surface area contributed by atoms with E-state index in [-0.39, 0.29) is 0 Å². The molecule has 2 rings (SSSR count). The summed E-state index contributed by atoms with van der Waals surface area (Å²) in [5, 5.41) is 0.899. The third-order valence-corrected chi connectivity index (χ3v) is 2.67. The molecule has 2 aromatic rings. The molecule has 83 valence electrons.